The molecule has 0 aromatic heterocycles. The van der Waals surface area contributed by atoms with Crippen molar-refractivity contribution in [3.8, 4) is 0 Å². The lowest BCUT2D eigenvalue weighted by Gasteiger charge is -2.32. The monoisotopic (exact) mass is 281 g/mol. The minimum atomic E-state index is -5.38. The van der Waals surface area contributed by atoms with Gasteiger partial charge in [-0.05, 0) is 12.2 Å². The van der Waals surface area contributed by atoms with Crippen molar-refractivity contribution in [3.05, 3.63) is 0 Å². The van der Waals surface area contributed by atoms with Crippen LogP contribution < -0.4 is 5.73 Å². The molecule has 11 heteroatoms. The van der Waals surface area contributed by atoms with Gasteiger partial charge in [-0.15, -0.1) is 0 Å². The average Bonchev–Trinajstić information content (AvgIpc) is 2.42. The summed E-state index contributed by atoms with van der Waals surface area (Å²) >= 11 is 4.12. The van der Waals surface area contributed by atoms with Gasteiger partial charge in [0.15, 0.2) is 5.11 Å². The molecule has 0 aromatic carbocycles. The topological polar surface area (TPSA) is 61.8 Å². The van der Waals surface area contributed by atoms with E-state index in [9.17, 15) is 31.4 Å². The average molecular weight is 281 g/mol. The maximum Gasteiger partial charge on any atom is 0.438 e. The highest BCUT2D eigenvalue weighted by molar-refractivity contribution is 7.80. The molecule has 98 valence electrons. The minimum absolute atomic E-state index is 0.453. The Balaban J connectivity index is 3.20. The van der Waals surface area contributed by atoms with Gasteiger partial charge in [0.25, 0.3) is 5.72 Å². The number of nitrogens with two attached hydrogens (primary N) is 1. The van der Waals surface area contributed by atoms with E-state index in [1.54, 1.807) is 0 Å². The summed E-state index contributed by atoms with van der Waals surface area (Å²) in [6, 6.07) is 0. The number of hydrazone groups is 1. The lowest BCUT2D eigenvalue weighted by atomic mass is 10.1. The van der Waals surface area contributed by atoms with E-state index in [1.807, 2.05) is 0 Å². The molecule has 0 radical (unpaired) electrons. The van der Waals surface area contributed by atoms with Gasteiger partial charge in [-0.2, -0.15) is 36.5 Å². The minimum Gasteiger partial charge on any atom is -0.375 e. The molecule has 3 N–H and O–H groups in total. The van der Waals surface area contributed by atoms with Crippen molar-refractivity contribution in [3.63, 3.8) is 0 Å². The van der Waals surface area contributed by atoms with Crippen LogP contribution in [0.1, 0.15) is 6.42 Å². The largest absolute Gasteiger partial charge is 0.438 e. The highest BCUT2D eigenvalue weighted by atomic mass is 32.1. The van der Waals surface area contributed by atoms with Gasteiger partial charge in [0.1, 0.15) is 5.71 Å². The number of hydrogen-bond donors (Lipinski definition) is 2. The van der Waals surface area contributed by atoms with Crippen LogP contribution in [0.5, 0.6) is 0 Å². The lowest BCUT2D eigenvalue weighted by molar-refractivity contribution is -0.294. The zero-order valence-electron chi connectivity index (χ0n) is 7.80. The lowest BCUT2D eigenvalue weighted by Crippen LogP contribution is -2.58. The zero-order valence-corrected chi connectivity index (χ0v) is 8.62. The van der Waals surface area contributed by atoms with Gasteiger partial charge in [0.05, 0.1) is 6.42 Å². The van der Waals surface area contributed by atoms with Gasteiger partial charge in [0.2, 0.25) is 0 Å². The number of alkyl halides is 6. The van der Waals surface area contributed by atoms with Gasteiger partial charge in [-0.3, -0.25) is 0 Å². The summed E-state index contributed by atoms with van der Waals surface area (Å²) in [6.07, 6.45) is -12.3. The highest BCUT2D eigenvalue weighted by Gasteiger charge is 2.65. The molecule has 0 saturated carbocycles. The van der Waals surface area contributed by atoms with Crippen molar-refractivity contribution in [2.24, 2.45) is 10.8 Å². The standard InChI is InChI=1S/C6H5F6N3OS/c7-5(8,9)2-1-4(16,6(10,11)12)15(14-2)3(13)17/h16H,1H2,(H2,13,17)/t4-/m1/s1. The van der Waals surface area contributed by atoms with Gasteiger partial charge >= 0.3 is 12.4 Å². The first-order valence-electron chi connectivity index (χ1n) is 3.93. The summed E-state index contributed by atoms with van der Waals surface area (Å²) in [5.41, 5.74) is -0.860. The zero-order chi connectivity index (χ0) is 13.6. The van der Waals surface area contributed by atoms with Crippen LogP contribution in [0.4, 0.5) is 26.3 Å². The molecule has 17 heavy (non-hydrogen) atoms. The normalized spacial score (nSPS) is 26.1. The highest BCUT2D eigenvalue weighted by Crippen LogP contribution is 2.42. The molecule has 1 rings (SSSR count). The Bertz CT molecular complexity index is 377. The fourth-order valence-electron chi connectivity index (χ4n) is 1.16. The van der Waals surface area contributed by atoms with Crippen molar-refractivity contribution in [2.45, 2.75) is 24.5 Å². The van der Waals surface area contributed by atoms with Crippen LogP contribution in [0.3, 0.4) is 0 Å². The number of hydrogen-bond acceptors (Lipinski definition) is 3. The third-order valence-corrected chi connectivity index (χ3v) is 2.15. The molecule has 1 atom stereocenters. The number of halogens is 6. The van der Waals surface area contributed by atoms with Gasteiger partial charge in [-0.1, -0.05) is 0 Å². The van der Waals surface area contributed by atoms with Crippen molar-refractivity contribution in [1.29, 1.82) is 0 Å². The van der Waals surface area contributed by atoms with Gasteiger partial charge in [-0.25, -0.2) is 0 Å². The first kappa shape index (κ1) is 14.0. The Labute approximate surface area is 95.7 Å². The molecule has 4 nitrogen and oxygen atoms in total. The molecule has 0 spiro atoms. The van der Waals surface area contributed by atoms with Crippen LogP contribution in [0.2, 0.25) is 0 Å². The van der Waals surface area contributed by atoms with E-state index in [2.05, 4.69) is 17.3 Å². The van der Waals surface area contributed by atoms with Crippen LogP contribution in [-0.2, 0) is 0 Å². The second-order valence-electron chi connectivity index (χ2n) is 3.19. The molecule has 0 fully saturated rings. The molecular formula is C6H5F6N3OS. The third-order valence-electron chi connectivity index (χ3n) is 1.98. The number of thiocarbonyl (C=S) groups is 1. The van der Waals surface area contributed by atoms with Crippen LogP contribution in [0.25, 0.3) is 0 Å². The molecule has 0 aliphatic carbocycles. The molecule has 0 amide bonds. The quantitative estimate of drug-likeness (QED) is 0.515. The molecule has 1 aliphatic rings. The van der Waals surface area contributed by atoms with E-state index >= 15 is 0 Å². The maximum atomic E-state index is 12.5. The SMILES string of the molecule is NC(=S)N1N=C(C(F)(F)F)C[C@@]1(O)C(F)(F)F. The van der Waals surface area contributed by atoms with Crippen LogP contribution in [0, 0.1) is 0 Å². The van der Waals surface area contributed by atoms with E-state index in [0.717, 1.165) is 0 Å². The summed E-state index contributed by atoms with van der Waals surface area (Å²) in [4.78, 5) is 0. The Kier molecular flexibility index (Phi) is 3.04. The van der Waals surface area contributed by atoms with Gasteiger partial charge < -0.3 is 10.8 Å². The summed E-state index contributed by atoms with van der Waals surface area (Å²) in [6.45, 7) is 0. The van der Waals surface area contributed by atoms with Crippen molar-refractivity contribution in [1.82, 2.24) is 5.01 Å². The maximum absolute atomic E-state index is 12.5. The fraction of sp³-hybridized carbons (Fsp3) is 0.667. The second kappa shape index (κ2) is 3.70. The summed E-state index contributed by atoms with van der Waals surface area (Å²) in [5, 5.41) is 10.2. The number of aliphatic hydroxyl groups is 1. The van der Waals surface area contributed by atoms with Crippen LogP contribution in [0.15, 0.2) is 5.10 Å². The number of nitrogens with zero attached hydrogens (tertiary/aromatic N) is 2. The van der Waals surface area contributed by atoms with Gasteiger partial charge in [0, 0.05) is 0 Å². The first-order chi connectivity index (χ1) is 7.39. The molecule has 0 saturated heterocycles. The Morgan fingerprint density at radius 3 is 2.06 bits per heavy atom. The van der Waals surface area contributed by atoms with E-state index in [1.165, 1.54) is 0 Å². The Morgan fingerprint density at radius 1 is 1.35 bits per heavy atom. The smallest absolute Gasteiger partial charge is 0.375 e. The van der Waals surface area contributed by atoms with Crippen LogP contribution in [-0.4, -0.2) is 39.0 Å². The predicted molar refractivity (Wildman–Crippen MR) is 47.7 cm³/mol. The Morgan fingerprint density at radius 2 is 1.82 bits per heavy atom. The summed E-state index contributed by atoms with van der Waals surface area (Å²) < 4.78 is 74.0. The summed E-state index contributed by atoms with van der Waals surface area (Å²) in [5.74, 6) is 0. The second-order valence-corrected chi connectivity index (χ2v) is 3.60. The first-order valence-corrected chi connectivity index (χ1v) is 4.34. The molecule has 0 aromatic rings. The molecule has 0 bridgehead atoms. The molecule has 1 heterocycles. The van der Waals surface area contributed by atoms with E-state index in [4.69, 9.17) is 5.73 Å². The molecular weight excluding hydrogens is 276 g/mol. The van der Waals surface area contributed by atoms with Crippen molar-refractivity contribution in [2.75, 3.05) is 0 Å². The van der Waals surface area contributed by atoms with E-state index in [-0.39, 0.29) is 0 Å². The Hall–Kier alpha value is -1.10. The predicted octanol–water partition coefficient (Wildman–Crippen LogP) is 1.10. The van der Waals surface area contributed by atoms with Crippen LogP contribution >= 0.6 is 12.2 Å². The van der Waals surface area contributed by atoms with Crippen molar-refractivity contribution >= 4 is 23.0 Å². The molecule has 1 aliphatic heterocycles. The summed E-state index contributed by atoms with van der Waals surface area (Å²) in [7, 11) is 0. The fourth-order valence-corrected chi connectivity index (χ4v) is 1.35. The number of rotatable bonds is 0. The van der Waals surface area contributed by atoms with E-state index in [0.29, 0.717) is 0 Å². The van der Waals surface area contributed by atoms with Crippen molar-refractivity contribution < 1.29 is 31.4 Å². The van der Waals surface area contributed by atoms with E-state index < -0.39 is 40.3 Å². The third kappa shape index (κ3) is 2.29. The molecule has 0 unspecified atom stereocenters.